The van der Waals surface area contributed by atoms with Crippen LogP contribution in [0.15, 0.2) is 48.5 Å². The third kappa shape index (κ3) is 5.89. The number of urea groups is 1. The van der Waals surface area contributed by atoms with Crippen molar-refractivity contribution in [2.75, 3.05) is 11.9 Å². The molecule has 3 amide bonds. The molecule has 0 aliphatic rings. The van der Waals surface area contributed by atoms with Crippen molar-refractivity contribution in [2.45, 2.75) is 32.9 Å². The number of carbonyl (C=O) groups is 2. The van der Waals surface area contributed by atoms with Gasteiger partial charge in [-0.2, -0.15) is 0 Å². The number of anilines is 1. The molecule has 6 nitrogen and oxygen atoms in total. The Kier molecular flexibility index (Phi) is 7.17. The number of hydrogen-bond donors (Lipinski definition) is 4. The Bertz CT molecular complexity index is 761. The molecule has 0 bridgehead atoms. The Morgan fingerprint density at radius 3 is 2.58 bits per heavy atom. The Hall–Kier alpha value is -2.86. The number of benzene rings is 2. The zero-order chi connectivity index (χ0) is 18.9. The van der Waals surface area contributed by atoms with Gasteiger partial charge < -0.3 is 21.7 Å². The molecule has 1 unspecified atom stereocenters. The van der Waals surface area contributed by atoms with Crippen molar-refractivity contribution in [3.05, 3.63) is 65.2 Å². The number of rotatable bonds is 8. The highest BCUT2D eigenvalue weighted by Crippen LogP contribution is 2.21. The molecule has 0 radical (unpaired) electrons. The standard InChI is InChI=1S/C20H26N4O2/c1-3-22-13-15-8-6-9-16(11-15)23-19(25)12-18(24-20(21)26)17-10-5-4-7-14(17)2/h4-11,18,22H,3,12-13H2,1-2H3,(H,23,25)(H3,21,24,26). The quantitative estimate of drug-likeness (QED) is 0.587. The van der Waals surface area contributed by atoms with E-state index in [9.17, 15) is 9.59 Å². The normalized spacial score (nSPS) is 11.6. The lowest BCUT2D eigenvalue weighted by Gasteiger charge is -2.19. The molecule has 1 atom stereocenters. The number of nitrogens with two attached hydrogens (primary N) is 1. The van der Waals surface area contributed by atoms with E-state index >= 15 is 0 Å². The second kappa shape index (κ2) is 9.58. The summed E-state index contributed by atoms with van der Waals surface area (Å²) < 4.78 is 0. The van der Waals surface area contributed by atoms with E-state index in [1.54, 1.807) is 0 Å². The SMILES string of the molecule is CCNCc1cccc(NC(=O)CC(NC(N)=O)c2ccccc2C)c1. The molecule has 0 aliphatic carbocycles. The Morgan fingerprint density at radius 2 is 1.88 bits per heavy atom. The van der Waals surface area contributed by atoms with Crippen LogP contribution in [-0.2, 0) is 11.3 Å². The molecular formula is C20H26N4O2. The highest BCUT2D eigenvalue weighted by atomic mass is 16.2. The lowest BCUT2D eigenvalue weighted by Crippen LogP contribution is -2.35. The third-order valence-electron chi connectivity index (χ3n) is 4.06. The smallest absolute Gasteiger partial charge is 0.312 e. The summed E-state index contributed by atoms with van der Waals surface area (Å²) in [6.07, 6.45) is 0.102. The van der Waals surface area contributed by atoms with Crippen LogP contribution in [0.1, 0.15) is 36.1 Å². The summed E-state index contributed by atoms with van der Waals surface area (Å²) in [5.74, 6) is -0.187. The van der Waals surface area contributed by atoms with Crippen LogP contribution < -0.4 is 21.7 Å². The fourth-order valence-corrected chi connectivity index (χ4v) is 2.81. The maximum atomic E-state index is 12.5. The molecule has 0 saturated carbocycles. The summed E-state index contributed by atoms with van der Waals surface area (Å²) in [4.78, 5) is 23.8. The molecule has 26 heavy (non-hydrogen) atoms. The summed E-state index contributed by atoms with van der Waals surface area (Å²) in [5, 5.41) is 8.81. The van der Waals surface area contributed by atoms with Gasteiger partial charge in [0.15, 0.2) is 0 Å². The van der Waals surface area contributed by atoms with E-state index in [1.165, 1.54) is 0 Å². The van der Waals surface area contributed by atoms with Gasteiger partial charge in [-0.05, 0) is 42.3 Å². The van der Waals surface area contributed by atoms with Crippen LogP contribution in [0.3, 0.4) is 0 Å². The maximum Gasteiger partial charge on any atom is 0.312 e. The van der Waals surface area contributed by atoms with Gasteiger partial charge in [-0.15, -0.1) is 0 Å². The molecule has 0 aliphatic heterocycles. The predicted octanol–water partition coefficient (Wildman–Crippen LogP) is 2.84. The summed E-state index contributed by atoms with van der Waals surface area (Å²) in [7, 11) is 0. The van der Waals surface area contributed by atoms with E-state index in [4.69, 9.17) is 5.73 Å². The zero-order valence-electron chi connectivity index (χ0n) is 15.2. The summed E-state index contributed by atoms with van der Waals surface area (Å²) in [5.41, 5.74) is 8.98. The molecule has 0 aromatic heterocycles. The largest absolute Gasteiger partial charge is 0.352 e. The minimum Gasteiger partial charge on any atom is -0.352 e. The van der Waals surface area contributed by atoms with Crippen LogP contribution in [-0.4, -0.2) is 18.5 Å². The van der Waals surface area contributed by atoms with Crippen molar-refractivity contribution in [1.82, 2.24) is 10.6 Å². The van der Waals surface area contributed by atoms with Crippen molar-refractivity contribution in [3.63, 3.8) is 0 Å². The minimum absolute atomic E-state index is 0.102. The van der Waals surface area contributed by atoms with Gasteiger partial charge in [0.2, 0.25) is 5.91 Å². The third-order valence-corrected chi connectivity index (χ3v) is 4.06. The highest BCUT2D eigenvalue weighted by molar-refractivity contribution is 5.91. The van der Waals surface area contributed by atoms with Gasteiger partial charge in [-0.3, -0.25) is 4.79 Å². The molecule has 0 fully saturated rings. The second-order valence-corrected chi connectivity index (χ2v) is 6.15. The lowest BCUT2D eigenvalue weighted by molar-refractivity contribution is -0.116. The monoisotopic (exact) mass is 354 g/mol. The molecule has 2 rings (SSSR count). The topological polar surface area (TPSA) is 96.2 Å². The maximum absolute atomic E-state index is 12.5. The van der Waals surface area contributed by atoms with Crippen molar-refractivity contribution in [1.29, 1.82) is 0 Å². The molecule has 0 heterocycles. The first kappa shape index (κ1) is 19.5. The zero-order valence-corrected chi connectivity index (χ0v) is 15.2. The first-order valence-corrected chi connectivity index (χ1v) is 8.70. The molecule has 6 heteroatoms. The molecule has 2 aromatic carbocycles. The predicted molar refractivity (Wildman–Crippen MR) is 104 cm³/mol. The van der Waals surface area contributed by atoms with Crippen LogP contribution >= 0.6 is 0 Å². The fraction of sp³-hybridized carbons (Fsp3) is 0.300. The van der Waals surface area contributed by atoms with Crippen molar-refractivity contribution >= 4 is 17.6 Å². The molecule has 2 aromatic rings. The van der Waals surface area contributed by atoms with Crippen molar-refractivity contribution in [3.8, 4) is 0 Å². The van der Waals surface area contributed by atoms with Crippen LogP contribution in [0, 0.1) is 6.92 Å². The van der Waals surface area contributed by atoms with Gasteiger partial charge in [0.1, 0.15) is 0 Å². The molecule has 0 saturated heterocycles. The van der Waals surface area contributed by atoms with Crippen LogP contribution in [0.2, 0.25) is 0 Å². The number of carbonyl (C=O) groups excluding carboxylic acids is 2. The van der Waals surface area contributed by atoms with Gasteiger partial charge in [-0.1, -0.05) is 43.3 Å². The average molecular weight is 354 g/mol. The first-order valence-electron chi connectivity index (χ1n) is 8.70. The van der Waals surface area contributed by atoms with Crippen LogP contribution in [0.25, 0.3) is 0 Å². The van der Waals surface area contributed by atoms with Gasteiger partial charge in [-0.25, -0.2) is 4.79 Å². The molecule has 138 valence electrons. The van der Waals surface area contributed by atoms with Crippen molar-refractivity contribution < 1.29 is 9.59 Å². The van der Waals surface area contributed by atoms with Crippen LogP contribution in [0.4, 0.5) is 10.5 Å². The highest BCUT2D eigenvalue weighted by Gasteiger charge is 2.19. The number of aryl methyl sites for hydroxylation is 1. The Balaban J connectivity index is 2.08. The van der Waals surface area contributed by atoms with Crippen LogP contribution in [0.5, 0.6) is 0 Å². The van der Waals surface area contributed by atoms with E-state index in [2.05, 4.69) is 16.0 Å². The van der Waals surface area contributed by atoms with E-state index in [0.29, 0.717) is 0 Å². The Labute approximate surface area is 154 Å². The number of nitrogens with one attached hydrogen (secondary N) is 3. The van der Waals surface area contributed by atoms with Gasteiger partial charge in [0.25, 0.3) is 0 Å². The molecular weight excluding hydrogens is 328 g/mol. The van der Waals surface area contributed by atoms with Gasteiger partial charge in [0.05, 0.1) is 12.5 Å². The summed E-state index contributed by atoms with van der Waals surface area (Å²) in [6, 6.07) is 14.2. The van der Waals surface area contributed by atoms with E-state index in [0.717, 1.165) is 35.5 Å². The summed E-state index contributed by atoms with van der Waals surface area (Å²) in [6.45, 7) is 5.61. The van der Waals surface area contributed by atoms with E-state index in [1.807, 2.05) is 62.4 Å². The second-order valence-electron chi connectivity index (χ2n) is 6.15. The van der Waals surface area contributed by atoms with Gasteiger partial charge in [0, 0.05) is 12.2 Å². The van der Waals surface area contributed by atoms with Crippen molar-refractivity contribution in [2.24, 2.45) is 5.73 Å². The van der Waals surface area contributed by atoms with Gasteiger partial charge >= 0.3 is 6.03 Å². The fourth-order valence-electron chi connectivity index (χ4n) is 2.81. The number of amides is 3. The lowest BCUT2D eigenvalue weighted by atomic mass is 9.98. The van der Waals surface area contributed by atoms with E-state index in [-0.39, 0.29) is 12.3 Å². The Morgan fingerprint density at radius 1 is 1.12 bits per heavy atom. The minimum atomic E-state index is -0.654. The number of primary amides is 1. The first-order chi connectivity index (χ1) is 12.5. The van der Waals surface area contributed by atoms with E-state index < -0.39 is 12.1 Å². The number of hydrogen-bond acceptors (Lipinski definition) is 3. The summed E-state index contributed by atoms with van der Waals surface area (Å²) >= 11 is 0. The molecule has 0 spiro atoms. The molecule has 5 N–H and O–H groups in total. The average Bonchev–Trinajstić information content (AvgIpc) is 2.59.